The first-order valence-corrected chi connectivity index (χ1v) is 12.9. The molecule has 9 heteroatoms. The smallest absolute Gasteiger partial charge is 0.209 e. The summed E-state index contributed by atoms with van der Waals surface area (Å²) in [6.07, 6.45) is 3.79. The van der Waals surface area contributed by atoms with Crippen molar-refractivity contribution in [2.24, 2.45) is 0 Å². The Kier molecular flexibility index (Phi) is 7.63. The topological polar surface area (TPSA) is 71.2 Å². The summed E-state index contributed by atoms with van der Waals surface area (Å²) in [4.78, 5) is 21.3. The van der Waals surface area contributed by atoms with E-state index >= 15 is 0 Å². The van der Waals surface area contributed by atoms with Crippen LogP contribution in [0.25, 0.3) is 0 Å². The van der Waals surface area contributed by atoms with Crippen molar-refractivity contribution in [1.29, 1.82) is 0 Å². The molecule has 1 unspecified atom stereocenters. The van der Waals surface area contributed by atoms with Crippen LogP contribution >= 0.6 is 46.3 Å². The molecule has 168 valence electrons. The summed E-state index contributed by atoms with van der Waals surface area (Å²) in [5.74, 6) is 0.912. The number of thioether (sulfide) groups is 1. The van der Waals surface area contributed by atoms with Crippen LogP contribution in [0.4, 0.5) is 16.6 Å². The quantitative estimate of drug-likeness (QED) is 0.265. The Morgan fingerprint density at radius 1 is 1.28 bits per heavy atom. The third-order valence-electron chi connectivity index (χ3n) is 5.53. The highest BCUT2D eigenvalue weighted by Crippen LogP contribution is 2.34. The summed E-state index contributed by atoms with van der Waals surface area (Å²) in [7, 11) is 2.21. The number of nitrogens with two attached hydrogens (primary N) is 1. The van der Waals surface area contributed by atoms with Gasteiger partial charge in [-0.1, -0.05) is 46.7 Å². The van der Waals surface area contributed by atoms with Crippen molar-refractivity contribution in [3.8, 4) is 0 Å². The Labute approximate surface area is 206 Å². The molecule has 0 aliphatic carbocycles. The van der Waals surface area contributed by atoms with Crippen LogP contribution in [0.3, 0.4) is 0 Å². The molecule has 2 heterocycles. The fourth-order valence-electron chi connectivity index (χ4n) is 3.82. The Morgan fingerprint density at radius 3 is 2.75 bits per heavy atom. The van der Waals surface area contributed by atoms with Gasteiger partial charge in [-0.15, -0.1) is 11.8 Å². The highest BCUT2D eigenvalue weighted by molar-refractivity contribution is 7.99. The maximum Gasteiger partial charge on any atom is 0.209 e. The fourth-order valence-corrected chi connectivity index (χ4v) is 6.25. The summed E-state index contributed by atoms with van der Waals surface area (Å²) in [5.41, 5.74) is 7.18. The normalized spacial score (nSPS) is 16.4. The van der Waals surface area contributed by atoms with Crippen molar-refractivity contribution in [2.75, 3.05) is 30.4 Å². The standard InChI is InChI=1S/C23H24Cl2N4OS2/c1-29-11-4-6-15(29)10-12-31-16-7-2-5-14(13-16)27-23-28-22(26)21(32-23)20(30)19-17(24)8-3-9-18(19)25/h2-3,5,7-9,13,15H,4,6,10-12,26H2,1H3,(H,27,28). The molecule has 1 saturated heterocycles. The average molecular weight is 508 g/mol. The molecule has 3 N–H and O–H groups in total. The van der Waals surface area contributed by atoms with E-state index < -0.39 is 0 Å². The Morgan fingerprint density at radius 2 is 2.03 bits per heavy atom. The van der Waals surface area contributed by atoms with Gasteiger partial charge in [0.1, 0.15) is 10.7 Å². The SMILES string of the molecule is CN1CCCC1CCSc1cccc(Nc2nc(N)c(C(=O)c3c(Cl)cccc3Cl)s2)c1. The van der Waals surface area contributed by atoms with Crippen molar-refractivity contribution in [1.82, 2.24) is 9.88 Å². The first-order chi connectivity index (χ1) is 15.4. The number of nitrogens with one attached hydrogen (secondary N) is 1. The predicted molar refractivity (Wildman–Crippen MR) is 137 cm³/mol. The summed E-state index contributed by atoms with van der Waals surface area (Å²) >= 11 is 15.4. The van der Waals surface area contributed by atoms with Gasteiger partial charge in [0, 0.05) is 16.6 Å². The van der Waals surface area contributed by atoms with Gasteiger partial charge in [-0.05, 0) is 68.9 Å². The van der Waals surface area contributed by atoms with Crippen LogP contribution in [0.1, 0.15) is 34.5 Å². The molecule has 1 aliphatic heterocycles. The minimum absolute atomic E-state index is 0.157. The van der Waals surface area contributed by atoms with Crippen LogP contribution in [0, 0.1) is 0 Å². The van der Waals surface area contributed by atoms with Crippen LogP contribution in [0.2, 0.25) is 10.0 Å². The van der Waals surface area contributed by atoms with Crippen molar-refractivity contribution in [3.63, 3.8) is 0 Å². The number of ketones is 1. The molecule has 2 aromatic carbocycles. The predicted octanol–water partition coefficient (Wildman–Crippen LogP) is 6.58. The van der Waals surface area contributed by atoms with E-state index in [1.54, 1.807) is 18.2 Å². The van der Waals surface area contributed by atoms with Crippen molar-refractivity contribution in [3.05, 3.63) is 63.0 Å². The number of benzene rings is 2. The summed E-state index contributed by atoms with van der Waals surface area (Å²) in [6, 6.07) is 13.8. The molecule has 1 fully saturated rings. The number of thiazole rings is 1. The highest BCUT2D eigenvalue weighted by atomic mass is 35.5. The minimum Gasteiger partial charge on any atom is -0.382 e. The first kappa shape index (κ1) is 23.4. The van der Waals surface area contributed by atoms with E-state index in [-0.39, 0.29) is 17.2 Å². The summed E-state index contributed by atoms with van der Waals surface area (Å²) in [6.45, 7) is 1.21. The number of halogens is 2. The molecule has 4 rings (SSSR count). The monoisotopic (exact) mass is 506 g/mol. The number of nitrogen functional groups attached to an aromatic ring is 1. The second-order valence-corrected chi connectivity index (χ2v) is 10.7. The van der Waals surface area contributed by atoms with Crippen LogP contribution in [0.15, 0.2) is 47.4 Å². The van der Waals surface area contributed by atoms with Crippen molar-refractivity contribution < 1.29 is 4.79 Å². The lowest BCUT2D eigenvalue weighted by Crippen LogP contribution is -2.25. The number of rotatable bonds is 8. The van der Waals surface area contributed by atoms with Gasteiger partial charge in [0.15, 0.2) is 5.13 Å². The lowest BCUT2D eigenvalue weighted by molar-refractivity contribution is 0.104. The second kappa shape index (κ2) is 10.4. The van der Waals surface area contributed by atoms with Gasteiger partial charge >= 0.3 is 0 Å². The molecule has 1 aliphatic rings. The molecule has 0 saturated carbocycles. The molecule has 0 spiro atoms. The van der Waals surface area contributed by atoms with Crippen molar-refractivity contribution >= 4 is 68.7 Å². The highest BCUT2D eigenvalue weighted by Gasteiger charge is 2.23. The molecule has 1 atom stereocenters. The Hall–Kier alpha value is -1.77. The molecule has 3 aromatic rings. The lowest BCUT2D eigenvalue weighted by Gasteiger charge is -2.18. The molecular formula is C23H24Cl2N4OS2. The zero-order valence-electron chi connectivity index (χ0n) is 17.6. The van der Waals surface area contributed by atoms with Gasteiger partial charge in [0.2, 0.25) is 5.78 Å². The minimum atomic E-state index is -0.329. The van der Waals surface area contributed by atoms with E-state index in [4.69, 9.17) is 28.9 Å². The summed E-state index contributed by atoms with van der Waals surface area (Å²) < 4.78 is 0. The molecule has 0 radical (unpaired) electrons. The van der Waals surface area contributed by atoms with Gasteiger partial charge < -0.3 is 16.0 Å². The van der Waals surface area contributed by atoms with Crippen LogP contribution < -0.4 is 11.1 Å². The van der Waals surface area contributed by atoms with E-state index in [2.05, 4.69) is 34.4 Å². The molecule has 1 aromatic heterocycles. The van der Waals surface area contributed by atoms with Crippen LogP contribution in [-0.2, 0) is 0 Å². The largest absolute Gasteiger partial charge is 0.382 e. The third-order valence-corrected chi connectivity index (χ3v) is 8.17. The van der Waals surface area contributed by atoms with Gasteiger partial charge in [0.25, 0.3) is 0 Å². The Balaban J connectivity index is 1.42. The molecule has 32 heavy (non-hydrogen) atoms. The molecular weight excluding hydrogens is 483 g/mol. The van der Waals surface area contributed by atoms with Crippen LogP contribution in [0.5, 0.6) is 0 Å². The van der Waals surface area contributed by atoms with E-state index in [1.165, 1.54) is 42.0 Å². The zero-order valence-corrected chi connectivity index (χ0v) is 20.8. The van der Waals surface area contributed by atoms with Gasteiger partial charge in [-0.3, -0.25) is 4.79 Å². The van der Waals surface area contributed by atoms with E-state index in [1.807, 2.05) is 23.9 Å². The molecule has 5 nitrogen and oxygen atoms in total. The van der Waals surface area contributed by atoms with Gasteiger partial charge in [0.05, 0.1) is 15.6 Å². The van der Waals surface area contributed by atoms with Crippen LogP contribution in [-0.4, -0.2) is 41.1 Å². The van der Waals surface area contributed by atoms with E-state index in [9.17, 15) is 4.79 Å². The number of anilines is 3. The molecule has 0 bridgehead atoms. The first-order valence-electron chi connectivity index (χ1n) is 10.4. The van der Waals surface area contributed by atoms with Gasteiger partial charge in [-0.25, -0.2) is 4.98 Å². The number of nitrogens with zero attached hydrogens (tertiary/aromatic N) is 2. The fraction of sp³-hybridized carbons (Fsp3) is 0.304. The number of carbonyl (C=O) groups is 1. The maximum atomic E-state index is 13.0. The summed E-state index contributed by atoms with van der Waals surface area (Å²) in [5, 5.41) is 4.39. The van der Waals surface area contributed by atoms with E-state index in [0.717, 1.165) is 11.4 Å². The number of hydrogen-bond acceptors (Lipinski definition) is 7. The molecule has 0 amide bonds. The number of likely N-dealkylation sites (tertiary alicyclic amines) is 1. The lowest BCUT2D eigenvalue weighted by atomic mass is 10.1. The number of hydrogen-bond donors (Lipinski definition) is 2. The van der Waals surface area contributed by atoms with E-state index in [0.29, 0.717) is 26.1 Å². The third kappa shape index (κ3) is 5.41. The Bertz CT molecular complexity index is 1100. The second-order valence-electron chi connectivity index (χ2n) is 7.73. The number of aromatic nitrogens is 1. The zero-order chi connectivity index (χ0) is 22.7. The number of carbonyl (C=O) groups excluding carboxylic acids is 1. The van der Waals surface area contributed by atoms with Crippen molar-refractivity contribution in [2.45, 2.75) is 30.2 Å². The van der Waals surface area contributed by atoms with Gasteiger partial charge in [-0.2, -0.15) is 0 Å². The maximum absolute atomic E-state index is 13.0. The average Bonchev–Trinajstić information content (AvgIpc) is 3.33.